The number of carbonyl (C=O) groups excluding carboxylic acids is 3. The molecule has 0 saturated carbocycles. The summed E-state index contributed by atoms with van der Waals surface area (Å²) in [6.45, 7) is 16.9. The zero-order valence-electron chi connectivity index (χ0n) is 41.9. The highest BCUT2D eigenvalue weighted by Gasteiger charge is 2.61. The fourth-order valence-corrected chi connectivity index (χ4v) is 11.3. The predicted octanol–water partition coefficient (Wildman–Crippen LogP) is 5.20. The minimum atomic E-state index is -1.47. The van der Waals surface area contributed by atoms with E-state index in [1.54, 1.807) is 47.9 Å². The first kappa shape index (κ1) is 53.0. The van der Waals surface area contributed by atoms with Crippen LogP contribution in [0.15, 0.2) is 36.5 Å². The largest absolute Gasteiger partial charge is 0.458 e. The van der Waals surface area contributed by atoms with Crippen molar-refractivity contribution in [3.05, 3.63) is 42.1 Å². The number of hydrogen-bond acceptors (Lipinski definition) is 16. The van der Waals surface area contributed by atoms with Crippen molar-refractivity contribution >= 4 is 28.7 Å². The fraction of sp³-hybridized carbons (Fsp3) is 0.760. The molecule has 17 nitrogen and oxygen atoms in total. The Morgan fingerprint density at radius 1 is 0.940 bits per heavy atom. The van der Waals surface area contributed by atoms with Gasteiger partial charge in [0.25, 0.3) is 0 Å². The molecule has 17 atom stereocenters. The summed E-state index contributed by atoms with van der Waals surface area (Å²) in [5.41, 5.74) is 1.57. The second kappa shape index (κ2) is 21.7. The number of rotatable bonds is 13. The molecule has 67 heavy (non-hydrogen) atoms. The number of benzene rings is 1. The molecule has 3 N–H and O–H groups in total. The minimum Gasteiger partial charge on any atom is -0.458 e. The van der Waals surface area contributed by atoms with Gasteiger partial charge < -0.3 is 53.0 Å². The van der Waals surface area contributed by atoms with Crippen LogP contribution < -0.4 is 5.43 Å². The van der Waals surface area contributed by atoms with Crippen LogP contribution in [-0.2, 0) is 53.9 Å². The summed E-state index contributed by atoms with van der Waals surface area (Å²) in [5.74, 6) is -4.01. The van der Waals surface area contributed by atoms with E-state index in [0.717, 1.165) is 16.5 Å². The van der Waals surface area contributed by atoms with Crippen molar-refractivity contribution in [2.24, 2.45) is 23.7 Å². The average molecular weight is 943 g/mol. The van der Waals surface area contributed by atoms with E-state index >= 15 is 4.79 Å². The SMILES string of the molecule is CC[C@H]1OC(=O)[C@H](C)C(OC2CC(C)(OC)C(O)C(C)O2)[C@H](C)[C@@H](OC2OCCC(N(C)C)C2O)[C@](C)(OC)C[C@@H](C)C(=O)[C@H](C)[C@H]2N(NCCCc3ccnc4ccccc34)C(=O)O[C@]12C. The summed E-state index contributed by atoms with van der Waals surface area (Å²) in [6, 6.07) is 8.78. The number of nitrogens with one attached hydrogen (secondary N) is 1. The molecule has 6 rings (SSSR count). The molecule has 4 aliphatic rings. The molecule has 0 bridgehead atoms. The molecule has 2 aromatic rings. The Morgan fingerprint density at radius 2 is 1.64 bits per heavy atom. The van der Waals surface area contributed by atoms with Gasteiger partial charge in [0.15, 0.2) is 18.2 Å². The Balaban J connectivity index is 1.38. The molecule has 1 aromatic heterocycles. The Hall–Kier alpha value is -3.36. The first-order valence-corrected chi connectivity index (χ1v) is 24.2. The van der Waals surface area contributed by atoms with Crippen molar-refractivity contribution < 1.29 is 62.5 Å². The summed E-state index contributed by atoms with van der Waals surface area (Å²) in [7, 11) is 6.84. The lowest BCUT2D eigenvalue weighted by Crippen LogP contribution is -2.62. The third-order valence-corrected chi connectivity index (χ3v) is 15.4. The zero-order valence-corrected chi connectivity index (χ0v) is 41.9. The third kappa shape index (κ3) is 10.9. The number of carbonyl (C=O) groups is 3. The molecule has 0 aliphatic carbocycles. The van der Waals surface area contributed by atoms with Gasteiger partial charge >= 0.3 is 12.1 Å². The smallest absolute Gasteiger partial charge is 0.425 e. The van der Waals surface area contributed by atoms with Gasteiger partial charge in [-0.25, -0.2) is 15.2 Å². The quantitative estimate of drug-likeness (QED) is 0.175. The van der Waals surface area contributed by atoms with Gasteiger partial charge in [0.2, 0.25) is 0 Å². The van der Waals surface area contributed by atoms with Gasteiger partial charge in [-0.2, -0.15) is 0 Å². The average Bonchev–Trinajstić information content (AvgIpc) is 3.57. The zero-order chi connectivity index (χ0) is 49.2. The molecule has 4 aliphatic heterocycles. The lowest BCUT2D eigenvalue weighted by Gasteiger charge is -2.49. The molecular weight excluding hydrogens is 865 g/mol. The van der Waals surface area contributed by atoms with E-state index in [0.29, 0.717) is 32.4 Å². The van der Waals surface area contributed by atoms with Crippen molar-refractivity contribution in [2.75, 3.05) is 41.5 Å². The van der Waals surface area contributed by atoms with Gasteiger partial charge in [-0.3, -0.25) is 14.6 Å². The number of aromatic nitrogens is 1. The number of methoxy groups -OCH3 is 2. The number of pyridine rings is 1. The molecule has 376 valence electrons. The van der Waals surface area contributed by atoms with Crippen LogP contribution in [0.4, 0.5) is 4.79 Å². The molecule has 0 radical (unpaired) electrons. The summed E-state index contributed by atoms with van der Waals surface area (Å²) in [5, 5.41) is 25.3. The number of ketones is 1. The molecular formula is C50H78N4O13. The number of ether oxygens (including phenoxy) is 8. The summed E-state index contributed by atoms with van der Waals surface area (Å²) < 4.78 is 51.2. The second-order valence-electron chi connectivity index (χ2n) is 20.3. The minimum absolute atomic E-state index is 0.126. The van der Waals surface area contributed by atoms with E-state index in [4.69, 9.17) is 37.9 Å². The molecule has 0 spiro atoms. The van der Waals surface area contributed by atoms with Crippen molar-refractivity contribution in [2.45, 2.75) is 179 Å². The van der Waals surface area contributed by atoms with Crippen molar-refractivity contribution in [3.8, 4) is 0 Å². The maximum atomic E-state index is 15.1. The number of nitrogens with zero attached hydrogens (tertiary/aromatic N) is 3. The third-order valence-electron chi connectivity index (χ3n) is 15.4. The number of para-hydroxylation sites is 1. The van der Waals surface area contributed by atoms with E-state index in [2.05, 4.69) is 10.4 Å². The van der Waals surface area contributed by atoms with Crippen molar-refractivity contribution in [1.29, 1.82) is 0 Å². The van der Waals surface area contributed by atoms with Crippen LogP contribution in [0.1, 0.15) is 100.0 Å². The molecule has 1 aromatic carbocycles. The molecule has 4 saturated heterocycles. The summed E-state index contributed by atoms with van der Waals surface area (Å²) >= 11 is 0. The van der Waals surface area contributed by atoms with Gasteiger partial charge in [-0.1, -0.05) is 45.9 Å². The van der Waals surface area contributed by atoms with E-state index in [9.17, 15) is 19.8 Å². The number of fused-ring (bicyclic) bond motifs is 2. The number of esters is 1. The Kier molecular flexibility index (Phi) is 17.2. The number of hydrazine groups is 1. The predicted molar refractivity (Wildman–Crippen MR) is 248 cm³/mol. The summed E-state index contributed by atoms with van der Waals surface area (Å²) in [4.78, 5) is 50.5. The number of Topliss-reactive ketones (excluding diaryl/α,β-unsaturated/α-hetero) is 1. The Morgan fingerprint density at radius 3 is 2.31 bits per heavy atom. The normalized spacial score (nSPS) is 40.4. The monoisotopic (exact) mass is 943 g/mol. The number of likely N-dealkylation sites (N-methyl/N-ethyl adjacent to an activating group) is 1. The topological polar surface area (TPSA) is 197 Å². The van der Waals surface area contributed by atoms with Crippen LogP contribution in [0.25, 0.3) is 10.9 Å². The highest BCUT2D eigenvalue weighted by atomic mass is 16.7. The van der Waals surface area contributed by atoms with Crippen LogP contribution in [0.3, 0.4) is 0 Å². The maximum absolute atomic E-state index is 15.1. The molecule has 1 amide bonds. The van der Waals surface area contributed by atoms with E-state index < -0.39 is 108 Å². The maximum Gasteiger partial charge on any atom is 0.425 e. The van der Waals surface area contributed by atoms with Crippen LogP contribution in [-0.4, -0.2) is 163 Å². The van der Waals surface area contributed by atoms with E-state index in [-0.39, 0.29) is 31.1 Å². The molecule has 5 heterocycles. The van der Waals surface area contributed by atoms with E-state index in [1.807, 2.05) is 77.0 Å². The highest BCUT2D eigenvalue weighted by Crippen LogP contribution is 2.44. The number of cyclic esters (lactones) is 1. The van der Waals surface area contributed by atoms with E-state index in [1.165, 1.54) is 12.1 Å². The first-order valence-electron chi connectivity index (χ1n) is 24.2. The molecule has 4 fully saturated rings. The van der Waals surface area contributed by atoms with Gasteiger partial charge in [0, 0.05) is 62.6 Å². The van der Waals surface area contributed by atoms with Crippen LogP contribution in [0, 0.1) is 23.7 Å². The highest BCUT2D eigenvalue weighted by molar-refractivity contribution is 5.85. The lowest BCUT2D eigenvalue weighted by atomic mass is 9.73. The van der Waals surface area contributed by atoms with Crippen LogP contribution in [0.2, 0.25) is 0 Å². The Labute approximate surface area is 396 Å². The number of hydrogen-bond donors (Lipinski definition) is 3. The summed E-state index contributed by atoms with van der Waals surface area (Å²) in [6.07, 6.45) is -4.16. The molecule has 17 heteroatoms. The Bertz CT molecular complexity index is 2010. The second-order valence-corrected chi connectivity index (χ2v) is 20.3. The lowest BCUT2D eigenvalue weighted by molar-refractivity contribution is -0.314. The van der Waals surface area contributed by atoms with Gasteiger partial charge in [-0.15, -0.1) is 0 Å². The van der Waals surface area contributed by atoms with Gasteiger partial charge in [-0.05, 0) is 98.5 Å². The fourth-order valence-electron chi connectivity index (χ4n) is 11.3. The number of aryl methyl sites for hydroxylation is 1. The first-order chi connectivity index (χ1) is 31.6. The van der Waals surface area contributed by atoms with Crippen molar-refractivity contribution in [1.82, 2.24) is 20.3 Å². The van der Waals surface area contributed by atoms with Crippen LogP contribution >= 0.6 is 0 Å². The van der Waals surface area contributed by atoms with Crippen molar-refractivity contribution in [3.63, 3.8) is 0 Å². The van der Waals surface area contributed by atoms with Gasteiger partial charge in [0.05, 0.1) is 47.6 Å². The number of amides is 1. The standard InChI is InChI=1S/C50H78N4O13/c1-14-37-50(9)42(54(47(59)67-50)52-23-17-18-33-21-24-51-35-20-16-15-19-34(33)35)29(3)39(55)28(2)26-49(8,61-13)44(66-46-40(56)36(53(10)11)22-25-62-46)30(4)41(31(5)45(58)64-37)65-38-27-48(7,60-12)43(57)32(6)63-38/h15-16,19-21,24,28-32,36-38,40-44,46,52,56-57H,14,17-18,22-23,25-27H2,1-13H3/t28-,29+,30+,31-,32?,36?,37-,38?,40?,41?,42-,43?,44-,46?,48?,49-,50-/m1/s1. The molecule has 8 unspecified atom stereocenters. The van der Waals surface area contributed by atoms with Crippen LogP contribution in [0.5, 0.6) is 0 Å². The van der Waals surface area contributed by atoms with Gasteiger partial charge in [0.1, 0.15) is 30.1 Å². The number of aliphatic hydroxyl groups excluding tert-OH is 2. The number of aliphatic hydroxyl groups is 2.